The van der Waals surface area contributed by atoms with Crippen LogP contribution in [0, 0.1) is 0 Å². The predicted octanol–water partition coefficient (Wildman–Crippen LogP) is 1.09. The standard InChI is InChI=1S/C12H15N3O2/c1-15-12(13)9(7-14-15)11(16)8-5-3-4-6-10(8)17-2/h3-7,11,16H,13H2,1-2H3. The van der Waals surface area contributed by atoms with Gasteiger partial charge in [-0.3, -0.25) is 4.68 Å². The highest BCUT2D eigenvalue weighted by Crippen LogP contribution is 2.31. The molecule has 5 heteroatoms. The molecule has 0 aliphatic rings. The largest absolute Gasteiger partial charge is 0.496 e. The Balaban J connectivity index is 2.43. The number of para-hydroxylation sites is 1. The van der Waals surface area contributed by atoms with E-state index in [1.807, 2.05) is 12.1 Å². The van der Waals surface area contributed by atoms with Gasteiger partial charge in [-0.2, -0.15) is 5.10 Å². The summed E-state index contributed by atoms with van der Waals surface area (Å²) in [6, 6.07) is 7.29. The minimum Gasteiger partial charge on any atom is -0.496 e. The van der Waals surface area contributed by atoms with Gasteiger partial charge in [0.25, 0.3) is 0 Å². The quantitative estimate of drug-likeness (QED) is 0.832. The average molecular weight is 233 g/mol. The van der Waals surface area contributed by atoms with Gasteiger partial charge >= 0.3 is 0 Å². The van der Waals surface area contributed by atoms with Gasteiger partial charge in [-0.25, -0.2) is 0 Å². The van der Waals surface area contributed by atoms with Crippen LogP contribution in [0.4, 0.5) is 5.82 Å². The van der Waals surface area contributed by atoms with Gasteiger partial charge in [0.2, 0.25) is 0 Å². The number of hydrogen-bond acceptors (Lipinski definition) is 4. The lowest BCUT2D eigenvalue weighted by Gasteiger charge is -2.14. The van der Waals surface area contributed by atoms with E-state index in [2.05, 4.69) is 5.10 Å². The molecule has 0 radical (unpaired) electrons. The highest BCUT2D eigenvalue weighted by molar-refractivity contribution is 5.47. The molecule has 0 saturated heterocycles. The zero-order valence-electron chi connectivity index (χ0n) is 9.79. The summed E-state index contributed by atoms with van der Waals surface area (Å²) < 4.78 is 6.73. The van der Waals surface area contributed by atoms with E-state index in [1.54, 1.807) is 32.5 Å². The Labute approximate surface area is 99.4 Å². The average Bonchev–Trinajstić information content (AvgIpc) is 2.69. The first kappa shape index (κ1) is 11.5. The molecule has 0 bridgehead atoms. The van der Waals surface area contributed by atoms with E-state index in [1.165, 1.54) is 4.68 Å². The molecular weight excluding hydrogens is 218 g/mol. The fourth-order valence-corrected chi connectivity index (χ4v) is 1.73. The molecule has 0 fully saturated rings. The second kappa shape index (κ2) is 4.47. The summed E-state index contributed by atoms with van der Waals surface area (Å²) in [5.41, 5.74) is 7.09. The molecule has 0 spiro atoms. The van der Waals surface area contributed by atoms with Gasteiger partial charge in [-0.1, -0.05) is 18.2 Å². The Bertz CT molecular complexity index is 522. The lowest BCUT2D eigenvalue weighted by molar-refractivity contribution is 0.215. The second-order valence-electron chi connectivity index (χ2n) is 3.75. The topological polar surface area (TPSA) is 73.3 Å². The summed E-state index contributed by atoms with van der Waals surface area (Å²) in [7, 11) is 3.30. The summed E-state index contributed by atoms with van der Waals surface area (Å²) in [4.78, 5) is 0. The Morgan fingerprint density at radius 3 is 2.65 bits per heavy atom. The molecule has 1 aromatic carbocycles. The van der Waals surface area contributed by atoms with E-state index in [4.69, 9.17) is 10.5 Å². The lowest BCUT2D eigenvalue weighted by Crippen LogP contribution is -2.06. The third-order valence-electron chi connectivity index (χ3n) is 2.74. The Morgan fingerprint density at radius 2 is 2.06 bits per heavy atom. The smallest absolute Gasteiger partial charge is 0.127 e. The van der Waals surface area contributed by atoms with Crippen LogP contribution in [0.15, 0.2) is 30.5 Å². The number of nitrogens with zero attached hydrogens (tertiary/aromatic N) is 2. The van der Waals surface area contributed by atoms with Crippen molar-refractivity contribution in [3.8, 4) is 5.75 Å². The van der Waals surface area contributed by atoms with Gasteiger partial charge in [0, 0.05) is 18.2 Å². The summed E-state index contributed by atoms with van der Waals surface area (Å²) in [6.45, 7) is 0. The Morgan fingerprint density at radius 1 is 1.35 bits per heavy atom. The molecule has 2 rings (SSSR count). The number of aryl methyl sites for hydroxylation is 1. The van der Waals surface area contributed by atoms with Crippen LogP contribution in [0.1, 0.15) is 17.2 Å². The molecule has 0 aliphatic heterocycles. The van der Waals surface area contributed by atoms with Crippen LogP contribution in [0.5, 0.6) is 5.75 Å². The lowest BCUT2D eigenvalue weighted by atomic mass is 10.0. The summed E-state index contributed by atoms with van der Waals surface area (Å²) >= 11 is 0. The van der Waals surface area contributed by atoms with Crippen molar-refractivity contribution in [2.75, 3.05) is 12.8 Å². The number of rotatable bonds is 3. The van der Waals surface area contributed by atoms with Gasteiger partial charge in [0.1, 0.15) is 17.7 Å². The monoisotopic (exact) mass is 233 g/mol. The first-order chi connectivity index (χ1) is 8.15. The van der Waals surface area contributed by atoms with Crippen molar-refractivity contribution in [1.29, 1.82) is 0 Å². The van der Waals surface area contributed by atoms with Gasteiger partial charge < -0.3 is 15.6 Å². The maximum atomic E-state index is 10.3. The molecule has 1 atom stereocenters. The van der Waals surface area contributed by atoms with Crippen LogP contribution in [-0.2, 0) is 7.05 Å². The van der Waals surface area contributed by atoms with Crippen LogP contribution in [0.3, 0.4) is 0 Å². The Hall–Kier alpha value is -2.01. The minimum atomic E-state index is -0.833. The van der Waals surface area contributed by atoms with Gasteiger partial charge in [0.05, 0.1) is 13.3 Å². The van der Waals surface area contributed by atoms with Crippen LogP contribution < -0.4 is 10.5 Å². The van der Waals surface area contributed by atoms with Crippen molar-refractivity contribution in [3.05, 3.63) is 41.6 Å². The first-order valence-corrected chi connectivity index (χ1v) is 5.23. The molecule has 2 aromatic rings. The van der Waals surface area contributed by atoms with Crippen molar-refractivity contribution in [2.45, 2.75) is 6.10 Å². The number of aliphatic hydroxyl groups is 1. The number of aromatic nitrogens is 2. The molecule has 1 aromatic heterocycles. The van der Waals surface area contributed by atoms with Crippen LogP contribution in [0.25, 0.3) is 0 Å². The fraction of sp³-hybridized carbons (Fsp3) is 0.250. The molecule has 5 nitrogen and oxygen atoms in total. The van der Waals surface area contributed by atoms with Crippen molar-refractivity contribution in [1.82, 2.24) is 9.78 Å². The number of ether oxygens (including phenoxy) is 1. The van der Waals surface area contributed by atoms with E-state index < -0.39 is 6.10 Å². The molecule has 0 aliphatic carbocycles. The van der Waals surface area contributed by atoms with E-state index in [0.717, 1.165) is 0 Å². The molecular formula is C12H15N3O2. The molecule has 0 saturated carbocycles. The summed E-state index contributed by atoms with van der Waals surface area (Å²) in [5, 5.41) is 14.3. The molecule has 3 N–H and O–H groups in total. The number of nitrogens with two attached hydrogens (primary N) is 1. The number of nitrogen functional groups attached to an aromatic ring is 1. The molecule has 90 valence electrons. The zero-order valence-corrected chi connectivity index (χ0v) is 9.79. The highest BCUT2D eigenvalue weighted by Gasteiger charge is 2.19. The van der Waals surface area contributed by atoms with Crippen LogP contribution >= 0.6 is 0 Å². The normalized spacial score (nSPS) is 12.4. The van der Waals surface area contributed by atoms with E-state index in [0.29, 0.717) is 22.7 Å². The fourth-order valence-electron chi connectivity index (χ4n) is 1.73. The SMILES string of the molecule is COc1ccccc1C(O)c1cnn(C)c1N. The first-order valence-electron chi connectivity index (χ1n) is 5.23. The van der Waals surface area contributed by atoms with Crippen molar-refractivity contribution >= 4 is 5.82 Å². The molecule has 0 amide bonds. The van der Waals surface area contributed by atoms with E-state index >= 15 is 0 Å². The van der Waals surface area contributed by atoms with E-state index in [-0.39, 0.29) is 0 Å². The summed E-state index contributed by atoms with van der Waals surface area (Å²) in [6.07, 6.45) is 0.728. The van der Waals surface area contributed by atoms with Gasteiger partial charge in [-0.15, -0.1) is 0 Å². The number of methoxy groups -OCH3 is 1. The van der Waals surface area contributed by atoms with E-state index in [9.17, 15) is 5.11 Å². The number of anilines is 1. The number of aliphatic hydroxyl groups excluding tert-OH is 1. The van der Waals surface area contributed by atoms with Crippen molar-refractivity contribution in [2.24, 2.45) is 7.05 Å². The third-order valence-corrected chi connectivity index (χ3v) is 2.74. The minimum absolute atomic E-state index is 0.448. The maximum Gasteiger partial charge on any atom is 0.127 e. The predicted molar refractivity (Wildman–Crippen MR) is 64.7 cm³/mol. The zero-order chi connectivity index (χ0) is 12.4. The van der Waals surface area contributed by atoms with Gasteiger partial charge in [0.15, 0.2) is 0 Å². The number of hydrogen-bond donors (Lipinski definition) is 2. The van der Waals surface area contributed by atoms with Crippen molar-refractivity contribution < 1.29 is 9.84 Å². The molecule has 17 heavy (non-hydrogen) atoms. The second-order valence-corrected chi connectivity index (χ2v) is 3.75. The molecule has 1 unspecified atom stereocenters. The Kier molecular flexibility index (Phi) is 3.01. The van der Waals surface area contributed by atoms with Crippen LogP contribution in [0.2, 0.25) is 0 Å². The maximum absolute atomic E-state index is 10.3. The van der Waals surface area contributed by atoms with Crippen LogP contribution in [-0.4, -0.2) is 22.0 Å². The highest BCUT2D eigenvalue weighted by atomic mass is 16.5. The third kappa shape index (κ3) is 1.97. The molecule has 1 heterocycles. The van der Waals surface area contributed by atoms with Gasteiger partial charge in [-0.05, 0) is 6.07 Å². The summed E-state index contributed by atoms with van der Waals surface area (Å²) in [5.74, 6) is 1.08. The number of benzene rings is 1. The van der Waals surface area contributed by atoms with Crippen molar-refractivity contribution in [3.63, 3.8) is 0 Å².